The van der Waals surface area contributed by atoms with E-state index in [4.69, 9.17) is 9.47 Å². The maximum absolute atomic E-state index is 5.79. The van der Waals surface area contributed by atoms with Crippen LogP contribution in [-0.2, 0) is 11.2 Å². The molecule has 3 nitrogen and oxygen atoms in total. The van der Waals surface area contributed by atoms with Gasteiger partial charge in [0.25, 0.3) is 0 Å². The lowest BCUT2D eigenvalue weighted by molar-refractivity contribution is 0.0622. The predicted octanol–water partition coefficient (Wildman–Crippen LogP) is 2.70. The summed E-state index contributed by atoms with van der Waals surface area (Å²) in [7, 11) is 3.77. The number of rotatable bonds is 6. The first-order valence-corrected chi connectivity index (χ1v) is 6.76. The van der Waals surface area contributed by atoms with E-state index in [-0.39, 0.29) is 12.1 Å². The summed E-state index contributed by atoms with van der Waals surface area (Å²) in [6.45, 7) is 2.98. The van der Waals surface area contributed by atoms with Crippen LogP contribution in [0, 0.1) is 0 Å². The number of ether oxygens (including phenoxy) is 2. The van der Waals surface area contributed by atoms with E-state index in [1.54, 1.807) is 7.11 Å². The lowest BCUT2D eigenvalue weighted by Crippen LogP contribution is -2.31. The van der Waals surface area contributed by atoms with Crippen molar-refractivity contribution in [2.24, 2.45) is 0 Å². The van der Waals surface area contributed by atoms with Crippen molar-refractivity contribution in [3.05, 3.63) is 29.3 Å². The molecule has 1 aliphatic heterocycles. The van der Waals surface area contributed by atoms with E-state index in [2.05, 4.69) is 30.4 Å². The van der Waals surface area contributed by atoms with Gasteiger partial charge in [0.05, 0.1) is 18.8 Å². The van der Waals surface area contributed by atoms with Crippen LogP contribution in [0.4, 0.5) is 0 Å². The Labute approximate surface area is 109 Å². The number of hydrogen-bond donors (Lipinski definition) is 1. The molecule has 18 heavy (non-hydrogen) atoms. The molecule has 1 aromatic carbocycles. The van der Waals surface area contributed by atoms with Gasteiger partial charge in [-0.15, -0.1) is 0 Å². The molecule has 0 radical (unpaired) electrons. The third-order valence-electron chi connectivity index (χ3n) is 3.64. The zero-order valence-electron chi connectivity index (χ0n) is 11.5. The Morgan fingerprint density at radius 1 is 1.44 bits per heavy atom. The number of benzene rings is 1. The lowest BCUT2D eigenvalue weighted by atomic mass is 9.95. The smallest absolute Gasteiger partial charge is 0.127 e. The van der Waals surface area contributed by atoms with Crippen molar-refractivity contribution in [1.82, 2.24) is 5.32 Å². The lowest BCUT2D eigenvalue weighted by Gasteiger charge is -2.27. The van der Waals surface area contributed by atoms with Gasteiger partial charge in [0, 0.05) is 19.1 Å². The molecule has 2 rings (SSSR count). The first-order chi connectivity index (χ1) is 8.81. The van der Waals surface area contributed by atoms with Gasteiger partial charge < -0.3 is 14.8 Å². The van der Waals surface area contributed by atoms with Gasteiger partial charge in [0.1, 0.15) is 5.75 Å². The standard InChI is InChI=1S/C15H23NO2/c1-4-6-13(17-3)14(16-2)12-8-5-7-11-9-10-18-15(11)12/h5,7-8,13-14,16H,4,6,9-10H2,1-3H3. The van der Waals surface area contributed by atoms with Crippen LogP contribution >= 0.6 is 0 Å². The molecule has 1 aliphatic rings. The van der Waals surface area contributed by atoms with Crippen LogP contribution in [0.3, 0.4) is 0 Å². The molecule has 0 saturated heterocycles. The molecular formula is C15H23NO2. The molecule has 1 heterocycles. The van der Waals surface area contributed by atoms with E-state index in [1.807, 2.05) is 7.05 Å². The first-order valence-electron chi connectivity index (χ1n) is 6.76. The van der Waals surface area contributed by atoms with E-state index in [0.29, 0.717) is 0 Å². The highest BCUT2D eigenvalue weighted by molar-refractivity contribution is 5.46. The number of hydrogen-bond acceptors (Lipinski definition) is 3. The minimum absolute atomic E-state index is 0.190. The summed E-state index contributed by atoms with van der Waals surface area (Å²) in [4.78, 5) is 0. The second kappa shape index (κ2) is 6.21. The molecule has 0 aromatic heterocycles. The largest absolute Gasteiger partial charge is 0.493 e. The number of methoxy groups -OCH3 is 1. The maximum atomic E-state index is 5.79. The third-order valence-corrected chi connectivity index (χ3v) is 3.64. The Morgan fingerprint density at radius 3 is 2.94 bits per heavy atom. The van der Waals surface area contributed by atoms with Crippen LogP contribution < -0.4 is 10.1 Å². The second-order valence-electron chi connectivity index (χ2n) is 4.76. The summed E-state index contributed by atoms with van der Waals surface area (Å²) in [6, 6.07) is 6.61. The molecule has 1 N–H and O–H groups in total. The molecule has 2 unspecified atom stereocenters. The SMILES string of the molecule is CCCC(OC)C(NC)c1cccc2c1OCC2. The summed E-state index contributed by atoms with van der Waals surface area (Å²) < 4.78 is 11.4. The van der Waals surface area contributed by atoms with Gasteiger partial charge in [-0.1, -0.05) is 31.5 Å². The van der Waals surface area contributed by atoms with Crippen LogP contribution in [0.25, 0.3) is 0 Å². The quantitative estimate of drug-likeness (QED) is 0.841. The zero-order chi connectivity index (χ0) is 13.0. The van der Waals surface area contributed by atoms with E-state index in [1.165, 1.54) is 11.1 Å². The summed E-state index contributed by atoms with van der Waals surface area (Å²) in [5.74, 6) is 1.06. The number of nitrogens with one attached hydrogen (secondary N) is 1. The van der Waals surface area contributed by atoms with Crippen LogP contribution in [0.15, 0.2) is 18.2 Å². The van der Waals surface area contributed by atoms with E-state index in [9.17, 15) is 0 Å². The average Bonchev–Trinajstić information content (AvgIpc) is 2.87. The fourth-order valence-electron chi connectivity index (χ4n) is 2.73. The zero-order valence-corrected chi connectivity index (χ0v) is 11.5. The first kappa shape index (κ1) is 13.4. The van der Waals surface area contributed by atoms with E-state index < -0.39 is 0 Å². The third kappa shape index (κ3) is 2.52. The molecular weight excluding hydrogens is 226 g/mol. The fraction of sp³-hybridized carbons (Fsp3) is 0.600. The van der Waals surface area contributed by atoms with Gasteiger partial charge in [-0.05, 0) is 19.0 Å². The average molecular weight is 249 g/mol. The highest BCUT2D eigenvalue weighted by Crippen LogP contribution is 2.35. The Bertz CT molecular complexity index is 392. The van der Waals surface area contributed by atoms with Gasteiger partial charge in [-0.25, -0.2) is 0 Å². The Morgan fingerprint density at radius 2 is 2.28 bits per heavy atom. The molecule has 1 aromatic rings. The summed E-state index contributed by atoms with van der Waals surface area (Å²) in [5, 5.41) is 3.38. The molecule has 0 saturated carbocycles. The van der Waals surface area contributed by atoms with E-state index in [0.717, 1.165) is 31.6 Å². The van der Waals surface area contributed by atoms with Crippen LogP contribution in [0.2, 0.25) is 0 Å². The topological polar surface area (TPSA) is 30.5 Å². The van der Waals surface area contributed by atoms with Crippen molar-refractivity contribution < 1.29 is 9.47 Å². The molecule has 0 bridgehead atoms. The Balaban J connectivity index is 2.30. The maximum Gasteiger partial charge on any atom is 0.127 e. The Hall–Kier alpha value is -1.06. The monoisotopic (exact) mass is 249 g/mol. The molecule has 2 atom stereocenters. The predicted molar refractivity (Wildman–Crippen MR) is 73.1 cm³/mol. The molecule has 100 valence electrons. The number of likely N-dealkylation sites (N-methyl/N-ethyl adjacent to an activating group) is 1. The van der Waals surface area contributed by atoms with Crippen molar-refractivity contribution in [2.75, 3.05) is 20.8 Å². The van der Waals surface area contributed by atoms with Crippen LogP contribution in [0.1, 0.15) is 36.9 Å². The minimum Gasteiger partial charge on any atom is -0.493 e. The van der Waals surface area contributed by atoms with Crippen molar-refractivity contribution in [1.29, 1.82) is 0 Å². The number of para-hydroxylation sites is 1. The van der Waals surface area contributed by atoms with Crippen LogP contribution in [0.5, 0.6) is 5.75 Å². The summed E-state index contributed by atoms with van der Waals surface area (Å²) >= 11 is 0. The van der Waals surface area contributed by atoms with Crippen molar-refractivity contribution in [2.45, 2.75) is 38.3 Å². The molecule has 0 aliphatic carbocycles. The van der Waals surface area contributed by atoms with Crippen molar-refractivity contribution in [3.63, 3.8) is 0 Å². The highest BCUT2D eigenvalue weighted by atomic mass is 16.5. The van der Waals surface area contributed by atoms with Gasteiger partial charge >= 0.3 is 0 Å². The molecule has 0 amide bonds. The summed E-state index contributed by atoms with van der Waals surface area (Å²) in [6.07, 6.45) is 3.37. The number of fused-ring (bicyclic) bond motifs is 1. The summed E-state index contributed by atoms with van der Waals surface area (Å²) in [5.41, 5.74) is 2.55. The van der Waals surface area contributed by atoms with Crippen molar-refractivity contribution in [3.8, 4) is 5.75 Å². The fourth-order valence-corrected chi connectivity index (χ4v) is 2.73. The molecule has 0 fully saturated rings. The highest BCUT2D eigenvalue weighted by Gasteiger charge is 2.26. The van der Waals surface area contributed by atoms with Crippen molar-refractivity contribution >= 4 is 0 Å². The minimum atomic E-state index is 0.190. The molecule has 3 heteroatoms. The van der Waals surface area contributed by atoms with Crippen LogP contribution in [-0.4, -0.2) is 26.9 Å². The Kier molecular flexibility index (Phi) is 4.61. The normalized spacial score (nSPS) is 17.1. The van der Waals surface area contributed by atoms with Gasteiger partial charge in [0.15, 0.2) is 0 Å². The van der Waals surface area contributed by atoms with Gasteiger partial charge in [-0.2, -0.15) is 0 Å². The van der Waals surface area contributed by atoms with Gasteiger partial charge in [-0.3, -0.25) is 0 Å². The van der Waals surface area contributed by atoms with Gasteiger partial charge in [0.2, 0.25) is 0 Å². The van der Waals surface area contributed by atoms with E-state index >= 15 is 0 Å². The second-order valence-corrected chi connectivity index (χ2v) is 4.76. The molecule has 0 spiro atoms.